The summed E-state index contributed by atoms with van der Waals surface area (Å²) in [5, 5.41) is 2.26. The standard InChI is InChI=1S/C32H44N2O4Si2/c1-31(2,3)39(8,9)38-26(18-16-17-25-23-34(7)30(36)33-29(25)35)24-37-40(32(4,5)6,27-19-12-10-13-20-27)28-21-14-11-15-22-28/h10-15,19-23,26H,18,24H2,1-9H3,(H,33,35,36). The van der Waals surface area contributed by atoms with Gasteiger partial charge in [0.2, 0.25) is 0 Å². The van der Waals surface area contributed by atoms with Crippen LogP contribution in [0.5, 0.6) is 0 Å². The Hall–Kier alpha value is -2.97. The second-order valence-corrected chi connectivity index (χ2v) is 22.0. The number of nitrogens with zero attached hydrogens (tertiary/aromatic N) is 1. The predicted molar refractivity (Wildman–Crippen MR) is 169 cm³/mol. The van der Waals surface area contributed by atoms with Gasteiger partial charge in [0.1, 0.15) is 5.56 Å². The number of hydrogen-bond acceptors (Lipinski definition) is 4. The van der Waals surface area contributed by atoms with Crippen molar-refractivity contribution in [3.05, 3.63) is 93.3 Å². The fraction of sp³-hybridized carbons (Fsp3) is 0.438. The first-order valence-corrected chi connectivity index (χ1v) is 18.6. The lowest BCUT2D eigenvalue weighted by atomic mass is 10.2. The van der Waals surface area contributed by atoms with Crippen LogP contribution < -0.4 is 21.6 Å². The monoisotopic (exact) mass is 576 g/mol. The molecule has 0 fully saturated rings. The van der Waals surface area contributed by atoms with Gasteiger partial charge in [0.25, 0.3) is 13.9 Å². The molecule has 0 spiro atoms. The van der Waals surface area contributed by atoms with Gasteiger partial charge in [-0.1, -0.05) is 114 Å². The van der Waals surface area contributed by atoms with Crippen molar-refractivity contribution < 1.29 is 8.85 Å². The van der Waals surface area contributed by atoms with E-state index >= 15 is 0 Å². The number of benzene rings is 2. The summed E-state index contributed by atoms with van der Waals surface area (Å²) in [5.74, 6) is 6.13. The zero-order chi connectivity index (χ0) is 29.8. The second kappa shape index (κ2) is 12.3. The molecule has 1 heterocycles. The van der Waals surface area contributed by atoms with E-state index in [0.717, 1.165) is 0 Å². The van der Waals surface area contributed by atoms with E-state index in [2.05, 4.69) is 120 Å². The molecule has 40 heavy (non-hydrogen) atoms. The van der Waals surface area contributed by atoms with Crippen LogP contribution in [0.1, 0.15) is 53.5 Å². The van der Waals surface area contributed by atoms with Gasteiger partial charge in [0.15, 0.2) is 8.32 Å². The smallest absolute Gasteiger partial charge is 0.328 e. The largest absolute Gasteiger partial charge is 0.411 e. The first-order valence-electron chi connectivity index (χ1n) is 13.8. The summed E-state index contributed by atoms with van der Waals surface area (Å²) in [4.78, 5) is 26.4. The number of hydrogen-bond donors (Lipinski definition) is 1. The lowest BCUT2D eigenvalue weighted by Gasteiger charge is -2.45. The number of aryl methyl sites for hydroxylation is 1. The lowest BCUT2D eigenvalue weighted by Crippen LogP contribution is -2.67. The molecule has 1 atom stereocenters. The third kappa shape index (κ3) is 7.02. The van der Waals surface area contributed by atoms with Gasteiger partial charge in [-0.2, -0.15) is 0 Å². The molecule has 3 aromatic rings. The first kappa shape index (κ1) is 31.6. The highest BCUT2D eigenvalue weighted by Gasteiger charge is 2.50. The van der Waals surface area contributed by atoms with E-state index in [1.807, 2.05) is 12.1 Å². The molecule has 0 aliphatic carbocycles. The molecular weight excluding hydrogens is 533 g/mol. The zero-order valence-corrected chi connectivity index (χ0v) is 27.4. The minimum atomic E-state index is -2.77. The van der Waals surface area contributed by atoms with Gasteiger partial charge in [-0.25, -0.2) is 4.79 Å². The summed E-state index contributed by atoms with van der Waals surface area (Å²) in [6, 6.07) is 21.1. The first-order chi connectivity index (χ1) is 18.6. The van der Waals surface area contributed by atoms with Crippen molar-refractivity contribution in [2.75, 3.05) is 6.61 Å². The predicted octanol–water partition coefficient (Wildman–Crippen LogP) is 4.78. The van der Waals surface area contributed by atoms with Crippen molar-refractivity contribution in [2.24, 2.45) is 7.05 Å². The fourth-order valence-corrected chi connectivity index (χ4v) is 10.5. The van der Waals surface area contributed by atoms with Crippen LogP contribution in [-0.2, 0) is 15.9 Å². The SMILES string of the molecule is Cn1cc(C#CCC(CO[Si](c2ccccc2)(c2ccccc2)C(C)(C)C)O[Si](C)(C)C(C)(C)C)c(=O)[nH]c1=O. The molecule has 0 radical (unpaired) electrons. The average molecular weight is 577 g/mol. The van der Waals surface area contributed by atoms with E-state index in [1.54, 1.807) is 7.05 Å². The second-order valence-electron chi connectivity index (χ2n) is 12.9. The molecule has 0 aliphatic rings. The maximum Gasteiger partial charge on any atom is 0.328 e. The summed E-state index contributed by atoms with van der Waals surface area (Å²) in [6.07, 6.45) is 1.57. The van der Waals surface area contributed by atoms with Gasteiger partial charge >= 0.3 is 5.69 Å². The van der Waals surface area contributed by atoms with Crippen LogP contribution in [0.2, 0.25) is 23.2 Å². The van der Waals surface area contributed by atoms with E-state index in [0.29, 0.717) is 13.0 Å². The highest BCUT2D eigenvalue weighted by atomic mass is 28.4. The summed E-state index contributed by atoms with van der Waals surface area (Å²) >= 11 is 0. The van der Waals surface area contributed by atoms with Crippen LogP contribution >= 0.6 is 0 Å². The lowest BCUT2D eigenvalue weighted by molar-refractivity contribution is 0.113. The third-order valence-electron chi connectivity index (χ3n) is 7.83. The molecule has 1 N–H and O–H groups in total. The quantitative estimate of drug-likeness (QED) is 0.309. The van der Waals surface area contributed by atoms with Gasteiger partial charge in [0, 0.05) is 19.7 Å². The van der Waals surface area contributed by atoms with Crippen LogP contribution in [-0.4, -0.2) is 38.9 Å². The number of aromatic nitrogens is 2. The highest BCUT2D eigenvalue weighted by Crippen LogP contribution is 2.39. The molecule has 0 saturated heterocycles. The third-order valence-corrected chi connectivity index (χ3v) is 17.4. The van der Waals surface area contributed by atoms with Crippen LogP contribution in [0, 0.1) is 11.8 Å². The Morgan fingerprint density at radius 1 is 0.875 bits per heavy atom. The van der Waals surface area contributed by atoms with Crippen molar-refractivity contribution in [1.82, 2.24) is 9.55 Å². The van der Waals surface area contributed by atoms with Gasteiger partial charge in [-0.05, 0) is 33.5 Å². The Bertz CT molecular complexity index is 1420. The van der Waals surface area contributed by atoms with Crippen molar-refractivity contribution in [1.29, 1.82) is 0 Å². The van der Waals surface area contributed by atoms with Gasteiger partial charge in [-0.3, -0.25) is 9.78 Å². The van der Waals surface area contributed by atoms with Crippen LogP contribution in [0.4, 0.5) is 0 Å². The molecule has 1 aromatic heterocycles. The molecule has 0 aliphatic heterocycles. The van der Waals surface area contributed by atoms with Crippen molar-refractivity contribution in [3.8, 4) is 11.8 Å². The molecule has 6 nitrogen and oxygen atoms in total. The Morgan fingerprint density at radius 3 is 1.88 bits per heavy atom. The molecular formula is C32H44N2O4Si2. The molecule has 1 unspecified atom stereocenters. The Balaban J connectivity index is 2.04. The Kier molecular flexibility index (Phi) is 9.68. The maximum absolute atomic E-state index is 12.3. The maximum atomic E-state index is 12.3. The van der Waals surface area contributed by atoms with Crippen molar-refractivity contribution >= 4 is 27.0 Å². The number of aromatic amines is 1. The Morgan fingerprint density at radius 2 is 1.40 bits per heavy atom. The zero-order valence-electron chi connectivity index (χ0n) is 25.4. The molecule has 8 heteroatoms. The number of nitrogens with one attached hydrogen (secondary N) is 1. The summed E-state index contributed by atoms with van der Waals surface area (Å²) < 4.78 is 15.4. The number of rotatable bonds is 8. The molecule has 0 bridgehead atoms. The van der Waals surface area contributed by atoms with E-state index in [4.69, 9.17) is 8.85 Å². The molecule has 214 valence electrons. The van der Waals surface area contributed by atoms with Crippen molar-refractivity contribution in [2.45, 2.75) is 77.2 Å². The van der Waals surface area contributed by atoms with E-state index in [-0.39, 0.29) is 21.7 Å². The van der Waals surface area contributed by atoms with Gasteiger partial charge < -0.3 is 13.4 Å². The van der Waals surface area contributed by atoms with E-state index < -0.39 is 27.9 Å². The molecule has 2 aromatic carbocycles. The molecule has 0 amide bonds. The van der Waals surface area contributed by atoms with Crippen LogP contribution in [0.15, 0.2) is 76.4 Å². The number of H-pyrrole nitrogens is 1. The molecule has 3 rings (SSSR count). The summed E-state index contributed by atoms with van der Waals surface area (Å²) in [5.41, 5.74) is -0.699. The summed E-state index contributed by atoms with van der Waals surface area (Å²) in [7, 11) is -3.35. The minimum absolute atomic E-state index is 0.00490. The van der Waals surface area contributed by atoms with E-state index in [9.17, 15) is 9.59 Å². The van der Waals surface area contributed by atoms with Gasteiger partial charge in [0.05, 0.1) is 12.7 Å². The van der Waals surface area contributed by atoms with Crippen molar-refractivity contribution in [3.63, 3.8) is 0 Å². The normalized spacial score (nSPS) is 13.4. The Labute approximate surface area is 241 Å². The van der Waals surface area contributed by atoms with E-state index in [1.165, 1.54) is 21.1 Å². The fourth-order valence-electron chi connectivity index (χ4n) is 4.62. The highest BCUT2D eigenvalue weighted by molar-refractivity contribution is 6.99. The van der Waals surface area contributed by atoms with Gasteiger partial charge in [-0.15, -0.1) is 0 Å². The topological polar surface area (TPSA) is 73.3 Å². The van der Waals surface area contributed by atoms with Crippen LogP contribution in [0.3, 0.4) is 0 Å². The average Bonchev–Trinajstić information content (AvgIpc) is 2.87. The molecule has 0 saturated carbocycles. The minimum Gasteiger partial charge on any atom is -0.411 e. The summed E-state index contributed by atoms with van der Waals surface area (Å²) in [6.45, 7) is 18.3. The van der Waals surface area contributed by atoms with Crippen LogP contribution in [0.25, 0.3) is 0 Å².